The number of hydrogen-bond acceptors (Lipinski definition) is 8. The Hall–Kier alpha value is -6.02. The Morgan fingerprint density at radius 3 is 1.39 bits per heavy atom. The van der Waals surface area contributed by atoms with Crippen LogP contribution >= 0.6 is 0 Å². The molecule has 0 atom stereocenters. The summed E-state index contributed by atoms with van der Waals surface area (Å²) < 4.78 is 11.6. The molecule has 0 radical (unpaired) electrons. The molecular formula is C54H65N3O5. The Kier molecular flexibility index (Phi) is 18.5. The first-order chi connectivity index (χ1) is 30.1. The lowest BCUT2D eigenvalue weighted by molar-refractivity contribution is 0.103. The highest BCUT2D eigenvalue weighted by Crippen LogP contribution is 2.34. The topological polar surface area (TPSA) is 115 Å². The third-order valence-electron chi connectivity index (χ3n) is 10.9. The normalized spacial score (nSPS) is 10.9. The van der Waals surface area contributed by atoms with Crippen molar-refractivity contribution in [3.8, 4) is 57.2 Å². The molecule has 0 saturated heterocycles. The number of aryl methyl sites for hydroxylation is 4. The number of phenolic OH excluding ortho intramolecular Hbond substituents is 2. The van der Waals surface area contributed by atoms with Crippen LogP contribution in [0.3, 0.4) is 0 Å². The van der Waals surface area contributed by atoms with Crippen molar-refractivity contribution in [2.24, 2.45) is 0 Å². The summed E-state index contributed by atoms with van der Waals surface area (Å²) in [4.78, 5) is 26.9. The zero-order valence-electron chi connectivity index (χ0n) is 37.7. The Morgan fingerprint density at radius 1 is 0.484 bits per heavy atom. The van der Waals surface area contributed by atoms with Crippen molar-refractivity contribution in [2.45, 2.75) is 119 Å². The molecule has 8 heteroatoms. The van der Waals surface area contributed by atoms with Gasteiger partial charge in [-0.2, -0.15) is 0 Å². The standard InChI is InChI=1S/C33H39N3O2.C21H26O3/c1-6-7-8-9-10-11-18-38-26-14-17-29(30(37)21-26)33-35-31(27-15-12-22(2)19-24(27)4)34-32(36-33)28-16-13-23(3)20-25(28)5;1-2-3-4-5-6-10-15-24-18-13-14-19(20(22)16-18)21(23)17-11-8-7-9-12-17/h12-17,19-21,37H,6-11,18H2,1-5H3;7-9,11-14,16,22H,2-6,10,15H2,1H3. The summed E-state index contributed by atoms with van der Waals surface area (Å²) in [6.07, 6.45) is 14.5. The molecule has 6 aromatic rings. The van der Waals surface area contributed by atoms with Crippen LogP contribution < -0.4 is 9.47 Å². The van der Waals surface area contributed by atoms with E-state index in [4.69, 9.17) is 24.4 Å². The average molecular weight is 836 g/mol. The molecule has 0 fully saturated rings. The van der Waals surface area contributed by atoms with Gasteiger partial charge < -0.3 is 19.7 Å². The molecule has 0 aliphatic rings. The quantitative estimate of drug-likeness (QED) is 0.0544. The van der Waals surface area contributed by atoms with Crippen molar-refractivity contribution in [3.63, 3.8) is 0 Å². The van der Waals surface area contributed by atoms with Crippen LogP contribution in [0.2, 0.25) is 0 Å². The number of carbonyl (C=O) groups excluding carboxylic acids is 1. The second-order valence-electron chi connectivity index (χ2n) is 16.2. The lowest BCUT2D eigenvalue weighted by Gasteiger charge is -2.13. The molecular weight excluding hydrogens is 771 g/mol. The van der Waals surface area contributed by atoms with Crippen molar-refractivity contribution in [1.82, 2.24) is 15.0 Å². The Labute approximate surface area is 369 Å². The fourth-order valence-electron chi connectivity index (χ4n) is 7.34. The third-order valence-corrected chi connectivity index (χ3v) is 10.9. The van der Waals surface area contributed by atoms with Gasteiger partial charge in [-0.3, -0.25) is 4.79 Å². The second-order valence-corrected chi connectivity index (χ2v) is 16.2. The molecule has 0 spiro atoms. The summed E-state index contributed by atoms with van der Waals surface area (Å²) in [5.41, 5.74) is 7.87. The van der Waals surface area contributed by atoms with Crippen molar-refractivity contribution in [3.05, 3.63) is 137 Å². The molecule has 1 heterocycles. The monoisotopic (exact) mass is 835 g/mol. The zero-order valence-corrected chi connectivity index (χ0v) is 37.7. The largest absolute Gasteiger partial charge is 0.507 e. The summed E-state index contributed by atoms with van der Waals surface area (Å²) >= 11 is 0. The van der Waals surface area contributed by atoms with Crippen LogP contribution in [-0.2, 0) is 0 Å². The Morgan fingerprint density at radius 2 is 0.919 bits per heavy atom. The summed E-state index contributed by atoms with van der Waals surface area (Å²) in [5.74, 6) is 2.74. The fraction of sp³-hybridized carbons (Fsp3) is 0.370. The molecule has 62 heavy (non-hydrogen) atoms. The van der Waals surface area contributed by atoms with Crippen LogP contribution in [-0.4, -0.2) is 44.2 Å². The Bertz CT molecular complexity index is 2270. The molecule has 8 nitrogen and oxygen atoms in total. The van der Waals surface area contributed by atoms with Crippen LogP contribution in [0.25, 0.3) is 34.2 Å². The number of aromatic nitrogens is 3. The van der Waals surface area contributed by atoms with Crippen molar-refractivity contribution >= 4 is 5.78 Å². The number of aromatic hydroxyl groups is 2. The zero-order chi connectivity index (χ0) is 44.3. The third kappa shape index (κ3) is 14.0. The van der Waals surface area contributed by atoms with Gasteiger partial charge in [0.15, 0.2) is 23.3 Å². The smallest absolute Gasteiger partial charge is 0.196 e. The van der Waals surface area contributed by atoms with E-state index in [1.807, 2.05) is 30.3 Å². The van der Waals surface area contributed by atoms with E-state index < -0.39 is 0 Å². The van der Waals surface area contributed by atoms with E-state index in [-0.39, 0.29) is 17.3 Å². The molecule has 5 aromatic carbocycles. The molecule has 0 aliphatic heterocycles. The van der Waals surface area contributed by atoms with Gasteiger partial charge in [0.2, 0.25) is 0 Å². The first-order valence-corrected chi connectivity index (χ1v) is 22.5. The van der Waals surface area contributed by atoms with E-state index in [1.54, 1.807) is 30.3 Å². The molecule has 0 saturated carbocycles. The van der Waals surface area contributed by atoms with Crippen LogP contribution in [0, 0.1) is 27.7 Å². The van der Waals surface area contributed by atoms with Crippen molar-refractivity contribution in [2.75, 3.05) is 13.2 Å². The minimum Gasteiger partial charge on any atom is -0.507 e. The molecule has 0 unspecified atom stereocenters. The first-order valence-electron chi connectivity index (χ1n) is 22.5. The second kappa shape index (κ2) is 24.4. The van der Waals surface area contributed by atoms with Gasteiger partial charge in [-0.05, 0) is 75.9 Å². The fourth-order valence-corrected chi connectivity index (χ4v) is 7.34. The number of benzene rings is 5. The van der Waals surface area contributed by atoms with E-state index in [9.17, 15) is 15.0 Å². The van der Waals surface area contributed by atoms with E-state index in [2.05, 4.69) is 77.9 Å². The number of ether oxygens (including phenoxy) is 2. The van der Waals surface area contributed by atoms with Gasteiger partial charge in [-0.25, -0.2) is 15.0 Å². The predicted octanol–water partition coefficient (Wildman–Crippen LogP) is 13.9. The average Bonchev–Trinajstić information content (AvgIpc) is 3.26. The molecule has 2 N–H and O–H groups in total. The van der Waals surface area contributed by atoms with Crippen molar-refractivity contribution in [1.29, 1.82) is 0 Å². The highest BCUT2D eigenvalue weighted by molar-refractivity contribution is 6.10. The van der Waals surface area contributed by atoms with E-state index in [0.717, 1.165) is 47.9 Å². The highest BCUT2D eigenvalue weighted by atomic mass is 16.5. The minimum atomic E-state index is -0.185. The van der Waals surface area contributed by atoms with E-state index >= 15 is 0 Å². The van der Waals surface area contributed by atoms with Crippen LogP contribution in [0.15, 0.2) is 103 Å². The number of carbonyl (C=O) groups is 1. The lowest BCUT2D eigenvalue weighted by atomic mass is 10.0. The molecule has 1 aromatic heterocycles. The van der Waals surface area contributed by atoms with Crippen LogP contribution in [0.4, 0.5) is 0 Å². The molecule has 326 valence electrons. The number of phenols is 2. The van der Waals surface area contributed by atoms with Gasteiger partial charge in [0, 0.05) is 28.8 Å². The summed E-state index contributed by atoms with van der Waals surface area (Å²) in [5, 5.41) is 21.1. The molecule has 0 bridgehead atoms. The van der Waals surface area contributed by atoms with Crippen molar-refractivity contribution < 1.29 is 24.5 Å². The van der Waals surface area contributed by atoms with Gasteiger partial charge in [0.05, 0.1) is 24.3 Å². The van der Waals surface area contributed by atoms with Gasteiger partial charge in [-0.15, -0.1) is 0 Å². The first kappa shape index (κ1) is 47.0. The van der Waals surface area contributed by atoms with Crippen LogP contribution in [0.1, 0.15) is 129 Å². The SMILES string of the molecule is CCCCCCCCOc1ccc(-c2nc(-c3ccc(C)cc3C)nc(-c3ccc(C)cc3C)n2)c(O)c1.CCCCCCCCOc1ccc(C(=O)c2ccccc2)c(O)c1. The van der Waals surface area contributed by atoms with Gasteiger partial charge in [0.1, 0.15) is 23.0 Å². The number of rotatable bonds is 21. The summed E-state index contributed by atoms with van der Waals surface area (Å²) in [6.45, 7) is 14.0. The maximum Gasteiger partial charge on any atom is 0.196 e. The number of ketones is 1. The number of unbranched alkanes of at least 4 members (excludes halogenated alkanes) is 10. The van der Waals surface area contributed by atoms with Gasteiger partial charge in [-0.1, -0.05) is 156 Å². The number of hydrogen-bond donors (Lipinski definition) is 2. The molecule has 0 amide bonds. The van der Waals surface area contributed by atoms with Gasteiger partial charge >= 0.3 is 0 Å². The minimum absolute atomic E-state index is 0.0377. The molecule has 6 rings (SSSR count). The van der Waals surface area contributed by atoms with E-state index in [1.165, 1.54) is 68.6 Å². The van der Waals surface area contributed by atoms with Crippen LogP contribution in [0.5, 0.6) is 23.0 Å². The molecule has 0 aliphatic carbocycles. The predicted molar refractivity (Wildman–Crippen MR) is 252 cm³/mol. The van der Waals surface area contributed by atoms with E-state index in [0.29, 0.717) is 58.9 Å². The maximum atomic E-state index is 12.4. The Balaban J connectivity index is 0.000000260. The van der Waals surface area contributed by atoms with Gasteiger partial charge in [0.25, 0.3) is 0 Å². The lowest BCUT2D eigenvalue weighted by Crippen LogP contribution is -2.02. The maximum absolute atomic E-state index is 12.4. The number of nitrogens with zero attached hydrogens (tertiary/aromatic N) is 3. The summed E-state index contributed by atoms with van der Waals surface area (Å²) in [6, 6.07) is 31.7. The summed E-state index contributed by atoms with van der Waals surface area (Å²) in [7, 11) is 0. The highest BCUT2D eigenvalue weighted by Gasteiger charge is 2.18.